The molecular formula is C18H25FN4O3. The SMILES string of the molecule is CN1CCN(C2CCN(c3c(F)cc([N+](=O)[O-])c4c3CCO4)CC2)CC1. The van der Waals surface area contributed by atoms with E-state index < -0.39 is 10.7 Å². The van der Waals surface area contributed by atoms with Crippen molar-refractivity contribution in [3.8, 4) is 5.75 Å². The van der Waals surface area contributed by atoms with Gasteiger partial charge in [0.25, 0.3) is 0 Å². The van der Waals surface area contributed by atoms with E-state index in [4.69, 9.17) is 4.74 Å². The highest BCUT2D eigenvalue weighted by atomic mass is 19.1. The topological polar surface area (TPSA) is 62.1 Å². The first kappa shape index (κ1) is 17.5. The molecule has 1 aromatic rings. The highest BCUT2D eigenvalue weighted by Gasteiger charge is 2.34. The van der Waals surface area contributed by atoms with Crippen LogP contribution in [0.2, 0.25) is 0 Å². The van der Waals surface area contributed by atoms with Crippen molar-refractivity contribution in [1.29, 1.82) is 0 Å². The Labute approximate surface area is 152 Å². The van der Waals surface area contributed by atoms with Gasteiger partial charge < -0.3 is 14.5 Å². The molecule has 4 rings (SSSR count). The number of nitrogens with zero attached hydrogens (tertiary/aromatic N) is 4. The Bertz CT molecular complexity index is 698. The summed E-state index contributed by atoms with van der Waals surface area (Å²) in [6.45, 7) is 6.32. The summed E-state index contributed by atoms with van der Waals surface area (Å²) in [7, 11) is 2.15. The molecule has 3 heterocycles. The van der Waals surface area contributed by atoms with Gasteiger partial charge in [-0.3, -0.25) is 15.0 Å². The van der Waals surface area contributed by atoms with E-state index in [2.05, 4.69) is 21.7 Å². The van der Waals surface area contributed by atoms with E-state index in [1.165, 1.54) is 0 Å². The Morgan fingerprint density at radius 3 is 2.54 bits per heavy atom. The quantitative estimate of drug-likeness (QED) is 0.603. The van der Waals surface area contributed by atoms with Gasteiger partial charge in [-0.05, 0) is 19.9 Å². The maximum absolute atomic E-state index is 14.7. The van der Waals surface area contributed by atoms with E-state index in [-0.39, 0.29) is 11.4 Å². The van der Waals surface area contributed by atoms with Gasteiger partial charge in [0.1, 0.15) is 0 Å². The highest BCUT2D eigenvalue weighted by molar-refractivity contribution is 5.69. The Hall–Kier alpha value is -1.93. The minimum atomic E-state index is -0.559. The van der Waals surface area contributed by atoms with Crippen LogP contribution in [-0.4, -0.2) is 73.7 Å². The molecule has 26 heavy (non-hydrogen) atoms. The molecule has 0 amide bonds. The number of nitro benzene ring substituents is 1. The molecule has 3 aliphatic heterocycles. The van der Waals surface area contributed by atoms with Crippen molar-refractivity contribution in [1.82, 2.24) is 9.80 Å². The van der Waals surface area contributed by atoms with Gasteiger partial charge in [-0.15, -0.1) is 0 Å². The summed E-state index contributed by atoms with van der Waals surface area (Å²) in [5.41, 5.74) is 0.917. The first-order chi connectivity index (χ1) is 12.5. The molecular weight excluding hydrogens is 339 g/mol. The number of hydrogen-bond acceptors (Lipinski definition) is 6. The zero-order valence-electron chi connectivity index (χ0n) is 15.1. The number of anilines is 1. The third-order valence-electron chi connectivity index (χ3n) is 5.91. The molecule has 2 fully saturated rings. The van der Waals surface area contributed by atoms with Crippen molar-refractivity contribution in [3.63, 3.8) is 0 Å². The lowest BCUT2D eigenvalue weighted by Crippen LogP contribution is -2.52. The van der Waals surface area contributed by atoms with Crippen LogP contribution >= 0.6 is 0 Å². The van der Waals surface area contributed by atoms with Crippen LogP contribution in [0.25, 0.3) is 0 Å². The molecule has 3 aliphatic rings. The Balaban J connectivity index is 1.50. The lowest BCUT2D eigenvalue weighted by Gasteiger charge is -2.42. The maximum Gasteiger partial charge on any atom is 0.314 e. The fraction of sp³-hybridized carbons (Fsp3) is 0.667. The van der Waals surface area contributed by atoms with Gasteiger partial charge in [-0.1, -0.05) is 0 Å². The first-order valence-electron chi connectivity index (χ1n) is 9.34. The smallest absolute Gasteiger partial charge is 0.314 e. The van der Waals surface area contributed by atoms with Crippen LogP contribution in [0.15, 0.2) is 6.07 Å². The second-order valence-corrected chi connectivity index (χ2v) is 7.45. The van der Waals surface area contributed by atoms with Gasteiger partial charge >= 0.3 is 5.69 Å². The normalized spacial score (nSPS) is 22.3. The molecule has 2 saturated heterocycles. The van der Waals surface area contributed by atoms with Gasteiger partial charge in [0.2, 0.25) is 5.75 Å². The van der Waals surface area contributed by atoms with Crippen molar-refractivity contribution in [2.45, 2.75) is 25.3 Å². The van der Waals surface area contributed by atoms with Crippen LogP contribution < -0.4 is 9.64 Å². The van der Waals surface area contributed by atoms with E-state index in [0.717, 1.165) is 58.2 Å². The number of halogens is 1. The standard InChI is InChI=1S/C18H25FN4O3/c1-20-7-9-21(10-8-20)13-2-5-22(6-3-13)17-14-4-11-26-18(14)16(23(24)25)12-15(17)19/h12-13H,2-11H2,1H3. The van der Waals surface area contributed by atoms with Gasteiger partial charge in [-0.25, -0.2) is 4.39 Å². The average molecular weight is 364 g/mol. The first-order valence-corrected chi connectivity index (χ1v) is 9.34. The molecule has 0 unspecified atom stereocenters. The summed E-state index contributed by atoms with van der Waals surface area (Å²) in [5.74, 6) is -0.244. The second kappa shape index (κ2) is 7.00. The minimum Gasteiger partial charge on any atom is -0.486 e. The number of likely N-dealkylation sites (N-methyl/N-ethyl adjacent to an activating group) is 1. The minimum absolute atomic E-state index is 0.257. The number of ether oxygens (including phenoxy) is 1. The van der Waals surface area contributed by atoms with Crippen LogP contribution in [0.5, 0.6) is 5.75 Å². The average Bonchev–Trinajstić information content (AvgIpc) is 3.11. The van der Waals surface area contributed by atoms with E-state index in [1.807, 2.05) is 0 Å². The van der Waals surface area contributed by atoms with E-state index >= 15 is 0 Å². The maximum atomic E-state index is 14.7. The molecule has 0 atom stereocenters. The molecule has 0 radical (unpaired) electrons. The van der Waals surface area contributed by atoms with Crippen LogP contribution in [0.1, 0.15) is 18.4 Å². The number of piperazine rings is 1. The number of nitro groups is 1. The number of benzene rings is 1. The van der Waals surface area contributed by atoms with Crippen molar-refractivity contribution in [3.05, 3.63) is 27.6 Å². The summed E-state index contributed by atoms with van der Waals surface area (Å²) in [4.78, 5) is 17.6. The Morgan fingerprint density at radius 1 is 1.19 bits per heavy atom. The molecule has 0 N–H and O–H groups in total. The van der Waals surface area contributed by atoms with Crippen LogP contribution in [0, 0.1) is 15.9 Å². The van der Waals surface area contributed by atoms with Gasteiger partial charge in [0.05, 0.1) is 23.3 Å². The predicted octanol–water partition coefficient (Wildman–Crippen LogP) is 1.89. The number of hydrogen-bond donors (Lipinski definition) is 0. The fourth-order valence-electron chi connectivity index (χ4n) is 4.43. The summed E-state index contributed by atoms with van der Waals surface area (Å²) in [6.07, 6.45) is 2.52. The molecule has 0 spiro atoms. The van der Waals surface area contributed by atoms with Gasteiger partial charge in [-0.2, -0.15) is 0 Å². The van der Waals surface area contributed by atoms with E-state index in [0.29, 0.717) is 30.3 Å². The summed E-state index contributed by atoms with van der Waals surface area (Å²) < 4.78 is 20.2. The lowest BCUT2D eigenvalue weighted by atomic mass is 9.99. The molecule has 1 aromatic carbocycles. The third-order valence-corrected chi connectivity index (χ3v) is 5.91. The van der Waals surface area contributed by atoms with E-state index in [1.54, 1.807) is 0 Å². The molecule has 0 bridgehead atoms. The number of fused-ring (bicyclic) bond motifs is 1. The third kappa shape index (κ3) is 3.12. The Kier molecular flexibility index (Phi) is 4.71. The molecule has 0 aromatic heterocycles. The van der Waals surface area contributed by atoms with Gasteiger partial charge in [0.15, 0.2) is 5.82 Å². The predicted molar refractivity (Wildman–Crippen MR) is 96.6 cm³/mol. The fourth-order valence-corrected chi connectivity index (χ4v) is 4.43. The highest BCUT2D eigenvalue weighted by Crippen LogP contribution is 2.43. The summed E-state index contributed by atoms with van der Waals surface area (Å²) in [6, 6.07) is 1.57. The van der Waals surface area contributed by atoms with E-state index in [9.17, 15) is 14.5 Å². The van der Waals surface area contributed by atoms with Crippen molar-refractivity contribution < 1.29 is 14.1 Å². The number of rotatable bonds is 3. The second-order valence-electron chi connectivity index (χ2n) is 7.45. The summed E-state index contributed by atoms with van der Waals surface area (Å²) >= 11 is 0. The van der Waals surface area contributed by atoms with Crippen LogP contribution in [-0.2, 0) is 6.42 Å². The molecule has 0 saturated carbocycles. The zero-order chi connectivity index (χ0) is 18.3. The molecule has 8 heteroatoms. The monoisotopic (exact) mass is 364 g/mol. The molecule has 142 valence electrons. The summed E-state index contributed by atoms with van der Waals surface area (Å²) in [5, 5.41) is 11.2. The van der Waals surface area contributed by atoms with Crippen molar-refractivity contribution in [2.75, 3.05) is 57.8 Å². The largest absolute Gasteiger partial charge is 0.486 e. The lowest BCUT2D eigenvalue weighted by molar-refractivity contribution is -0.385. The van der Waals surface area contributed by atoms with Crippen LogP contribution in [0.3, 0.4) is 0 Å². The van der Waals surface area contributed by atoms with Gasteiger partial charge in [0, 0.05) is 57.3 Å². The number of piperidine rings is 1. The van der Waals surface area contributed by atoms with Crippen molar-refractivity contribution >= 4 is 11.4 Å². The molecule has 0 aliphatic carbocycles. The van der Waals surface area contributed by atoms with Crippen LogP contribution in [0.4, 0.5) is 15.8 Å². The zero-order valence-corrected chi connectivity index (χ0v) is 15.1. The molecule has 7 nitrogen and oxygen atoms in total. The van der Waals surface area contributed by atoms with Crippen molar-refractivity contribution in [2.24, 2.45) is 0 Å². The Morgan fingerprint density at radius 2 is 1.88 bits per heavy atom.